The molecule has 0 spiro atoms. The summed E-state index contributed by atoms with van der Waals surface area (Å²) in [6.45, 7) is 2.68. The van der Waals surface area contributed by atoms with Crippen molar-refractivity contribution in [2.45, 2.75) is 26.9 Å². The zero-order valence-electron chi connectivity index (χ0n) is 12.7. The first kappa shape index (κ1) is 19.8. The Kier molecular flexibility index (Phi) is 9.51. The fourth-order valence-electron chi connectivity index (χ4n) is 1.04. The predicted molar refractivity (Wildman–Crippen MR) is 70.4 cm³/mol. The van der Waals surface area contributed by atoms with Crippen LogP contribution in [0.25, 0.3) is 0 Å². The highest BCUT2D eigenvalue weighted by Crippen LogP contribution is 1.97. The molecule has 9 heteroatoms. The molecule has 0 saturated heterocycles. The Labute approximate surface area is 127 Å². The lowest BCUT2D eigenvalue weighted by molar-refractivity contribution is -0.170. The Morgan fingerprint density at radius 1 is 0.864 bits per heavy atom. The van der Waals surface area contributed by atoms with Crippen molar-refractivity contribution < 1.29 is 43.2 Å². The van der Waals surface area contributed by atoms with Crippen LogP contribution in [0.1, 0.15) is 20.8 Å². The van der Waals surface area contributed by atoms with E-state index in [0.29, 0.717) is 0 Å². The third-order valence-electron chi connectivity index (χ3n) is 2.16. The molecule has 22 heavy (non-hydrogen) atoms. The fraction of sp³-hybridized carbons (Fsp3) is 0.692. The Morgan fingerprint density at radius 3 is 2.00 bits per heavy atom. The van der Waals surface area contributed by atoms with Crippen molar-refractivity contribution in [3.8, 4) is 0 Å². The molecule has 0 amide bonds. The zero-order chi connectivity index (χ0) is 17.1. The van der Waals surface area contributed by atoms with E-state index in [4.69, 9.17) is 5.11 Å². The van der Waals surface area contributed by atoms with E-state index < -0.39 is 43.2 Å². The van der Waals surface area contributed by atoms with Crippen LogP contribution in [0.4, 0.5) is 0 Å². The minimum absolute atomic E-state index is 0.232. The average Bonchev–Trinajstić information content (AvgIpc) is 2.48. The van der Waals surface area contributed by atoms with Crippen LogP contribution < -0.4 is 0 Å². The van der Waals surface area contributed by atoms with Gasteiger partial charge in [-0.25, -0.2) is 14.4 Å². The van der Waals surface area contributed by atoms with Crippen molar-refractivity contribution in [2.75, 3.05) is 26.4 Å². The number of aliphatic hydroxyl groups excluding tert-OH is 1. The van der Waals surface area contributed by atoms with Crippen LogP contribution in [0.2, 0.25) is 0 Å². The molecule has 1 N–H and O–H groups in total. The minimum Gasteiger partial charge on any atom is -0.460 e. The highest BCUT2D eigenvalue weighted by molar-refractivity contribution is 5.79. The summed E-state index contributed by atoms with van der Waals surface area (Å²) < 4.78 is 18.5. The van der Waals surface area contributed by atoms with Crippen molar-refractivity contribution in [2.24, 2.45) is 5.92 Å². The molecule has 1 atom stereocenters. The van der Waals surface area contributed by atoms with Gasteiger partial charge in [0.15, 0.2) is 12.7 Å². The Hall–Kier alpha value is -2.16. The molecule has 126 valence electrons. The van der Waals surface area contributed by atoms with Gasteiger partial charge in [0.2, 0.25) is 0 Å². The molecule has 0 radical (unpaired) electrons. The zero-order valence-corrected chi connectivity index (χ0v) is 12.7. The highest BCUT2D eigenvalue weighted by Gasteiger charge is 2.19. The van der Waals surface area contributed by atoms with Crippen LogP contribution >= 0.6 is 0 Å². The van der Waals surface area contributed by atoms with Crippen LogP contribution in [0, 0.1) is 5.92 Å². The second-order valence-corrected chi connectivity index (χ2v) is 4.44. The van der Waals surface area contributed by atoms with Gasteiger partial charge in [0.1, 0.15) is 19.8 Å². The van der Waals surface area contributed by atoms with E-state index in [0.717, 1.165) is 0 Å². The Morgan fingerprint density at radius 2 is 1.45 bits per heavy atom. The van der Waals surface area contributed by atoms with Crippen LogP contribution in [-0.2, 0) is 38.1 Å². The van der Waals surface area contributed by atoms with E-state index in [-0.39, 0.29) is 19.1 Å². The molecule has 1 unspecified atom stereocenters. The molecule has 0 aromatic rings. The monoisotopic (exact) mass is 320 g/mol. The first-order chi connectivity index (χ1) is 10.3. The maximum Gasteiger partial charge on any atom is 0.347 e. The van der Waals surface area contributed by atoms with Crippen molar-refractivity contribution in [3.05, 3.63) is 0 Å². The quantitative estimate of drug-likeness (QED) is 0.330. The summed E-state index contributed by atoms with van der Waals surface area (Å²) in [7, 11) is 0. The molecule has 0 aliphatic rings. The fourth-order valence-corrected chi connectivity index (χ4v) is 1.04. The van der Waals surface area contributed by atoms with E-state index in [1.54, 1.807) is 13.8 Å². The second-order valence-electron chi connectivity index (χ2n) is 4.44. The van der Waals surface area contributed by atoms with E-state index in [1.807, 2.05) is 0 Å². The topological polar surface area (TPSA) is 125 Å². The second kappa shape index (κ2) is 10.6. The lowest BCUT2D eigenvalue weighted by Gasteiger charge is -2.12. The Bertz CT molecular complexity index is 402. The summed E-state index contributed by atoms with van der Waals surface area (Å²) in [5, 5.41) is 8.44. The largest absolute Gasteiger partial charge is 0.460 e. The van der Waals surface area contributed by atoms with Crippen molar-refractivity contribution in [3.63, 3.8) is 0 Å². The van der Waals surface area contributed by atoms with E-state index in [2.05, 4.69) is 18.9 Å². The van der Waals surface area contributed by atoms with Gasteiger partial charge in [-0.05, 0) is 6.92 Å². The van der Waals surface area contributed by atoms with Crippen molar-refractivity contribution in [1.29, 1.82) is 0 Å². The molecule has 9 nitrogen and oxygen atoms in total. The molecule has 0 aromatic heterocycles. The SMILES string of the molecule is CC(C)C(=O)OCC(=O)OCCOC(=O)C(C)OC(=O)CO. The number of esters is 4. The molecule has 0 fully saturated rings. The van der Waals surface area contributed by atoms with Crippen molar-refractivity contribution >= 4 is 23.9 Å². The van der Waals surface area contributed by atoms with Gasteiger partial charge in [-0.15, -0.1) is 0 Å². The third kappa shape index (κ3) is 8.90. The van der Waals surface area contributed by atoms with Crippen LogP contribution in [0.5, 0.6) is 0 Å². The summed E-state index contributed by atoms with van der Waals surface area (Å²) in [5.74, 6) is -3.45. The van der Waals surface area contributed by atoms with Gasteiger partial charge in [-0.2, -0.15) is 0 Å². The van der Waals surface area contributed by atoms with Gasteiger partial charge >= 0.3 is 23.9 Å². The predicted octanol–water partition coefficient (Wildman–Crippen LogP) is -0.804. The number of carbonyl (C=O) groups is 4. The molecular formula is C13H20O9. The summed E-state index contributed by atoms with van der Waals surface area (Å²) in [6, 6.07) is 0. The standard InChI is InChI=1S/C13H20O9/c1-8(2)12(17)21-7-11(16)19-4-5-20-13(18)9(3)22-10(15)6-14/h8-9,14H,4-7H2,1-3H3. The summed E-state index contributed by atoms with van der Waals surface area (Å²) in [4.78, 5) is 44.4. The smallest absolute Gasteiger partial charge is 0.347 e. The van der Waals surface area contributed by atoms with E-state index in [9.17, 15) is 19.2 Å². The maximum atomic E-state index is 11.3. The molecular weight excluding hydrogens is 300 g/mol. The van der Waals surface area contributed by atoms with Gasteiger partial charge < -0.3 is 24.1 Å². The lowest BCUT2D eigenvalue weighted by Crippen LogP contribution is -2.29. The maximum absolute atomic E-state index is 11.3. The molecule has 0 aliphatic carbocycles. The number of hydrogen-bond acceptors (Lipinski definition) is 9. The molecule has 0 heterocycles. The summed E-state index contributed by atoms with van der Waals surface area (Å²) in [6.07, 6.45) is -1.18. The van der Waals surface area contributed by atoms with Gasteiger partial charge in [-0.1, -0.05) is 13.8 Å². The number of aliphatic hydroxyl groups is 1. The van der Waals surface area contributed by atoms with Gasteiger partial charge in [0, 0.05) is 0 Å². The van der Waals surface area contributed by atoms with Gasteiger partial charge in [0.25, 0.3) is 0 Å². The number of ether oxygens (including phenoxy) is 4. The van der Waals surface area contributed by atoms with Crippen molar-refractivity contribution in [1.82, 2.24) is 0 Å². The first-order valence-electron chi connectivity index (χ1n) is 6.57. The summed E-state index contributed by atoms with van der Waals surface area (Å²) >= 11 is 0. The average molecular weight is 320 g/mol. The van der Waals surface area contributed by atoms with Gasteiger partial charge in [-0.3, -0.25) is 4.79 Å². The summed E-state index contributed by atoms with van der Waals surface area (Å²) in [5.41, 5.74) is 0. The van der Waals surface area contributed by atoms with Crippen LogP contribution in [0.15, 0.2) is 0 Å². The van der Waals surface area contributed by atoms with Gasteiger partial charge in [0.05, 0.1) is 5.92 Å². The van der Waals surface area contributed by atoms with E-state index in [1.165, 1.54) is 6.92 Å². The van der Waals surface area contributed by atoms with E-state index >= 15 is 0 Å². The lowest BCUT2D eigenvalue weighted by atomic mass is 10.2. The molecule has 0 aliphatic heterocycles. The third-order valence-corrected chi connectivity index (χ3v) is 2.16. The number of hydrogen-bond donors (Lipinski definition) is 1. The van der Waals surface area contributed by atoms with Crippen LogP contribution in [0.3, 0.4) is 0 Å². The molecule has 0 saturated carbocycles. The number of rotatable bonds is 9. The molecule has 0 bridgehead atoms. The van der Waals surface area contributed by atoms with Crippen LogP contribution in [-0.4, -0.2) is 61.5 Å². The Balaban J connectivity index is 3.79. The highest BCUT2D eigenvalue weighted by atomic mass is 16.6. The number of carbonyl (C=O) groups excluding carboxylic acids is 4. The normalized spacial score (nSPS) is 11.5. The minimum atomic E-state index is -1.18. The first-order valence-corrected chi connectivity index (χ1v) is 6.57. The molecule has 0 rings (SSSR count). The molecule has 0 aromatic carbocycles.